The molecule has 0 fully saturated rings. The molecule has 3 rings (SSSR count). The maximum absolute atomic E-state index is 11.0. The summed E-state index contributed by atoms with van der Waals surface area (Å²) >= 11 is 0. The van der Waals surface area contributed by atoms with Crippen molar-refractivity contribution in [1.29, 1.82) is 0 Å². The first-order chi connectivity index (χ1) is 9.24. The summed E-state index contributed by atoms with van der Waals surface area (Å²) in [6.07, 6.45) is 3.56. The van der Waals surface area contributed by atoms with Crippen molar-refractivity contribution in [3.05, 3.63) is 66.5 Å². The maximum atomic E-state index is 11.0. The van der Waals surface area contributed by atoms with E-state index in [1.807, 2.05) is 30.3 Å². The molecule has 3 heteroatoms. The van der Waals surface area contributed by atoms with Gasteiger partial charge >= 0.3 is 5.97 Å². The Morgan fingerprint density at radius 2 is 1.79 bits per heavy atom. The third-order valence-electron chi connectivity index (χ3n) is 3.08. The van der Waals surface area contributed by atoms with Gasteiger partial charge in [-0.2, -0.15) is 0 Å². The number of carbonyl (C=O) groups is 1. The predicted octanol–water partition coefficient (Wildman–Crippen LogP) is 3.60. The SMILES string of the molecule is O=C(O)c1cccc(-c2ccc3ccncc3c2)c1. The summed E-state index contributed by atoms with van der Waals surface area (Å²) in [6.45, 7) is 0. The van der Waals surface area contributed by atoms with Gasteiger partial charge in [0.25, 0.3) is 0 Å². The Hall–Kier alpha value is -2.68. The lowest BCUT2D eigenvalue weighted by atomic mass is 10.0. The number of aromatic carboxylic acids is 1. The van der Waals surface area contributed by atoms with Gasteiger partial charge in [-0.25, -0.2) is 4.79 Å². The monoisotopic (exact) mass is 249 g/mol. The first-order valence-corrected chi connectivity index (χ1v) is 5.91. The van der Waals surface area contributed by atoms with Crippen LogP contribution in [0.4, 0.5) is 0 Å². The zero-order valence-electron chi connectivity index (χ0n) is 10.1. The van der Waals surface area contributed by atoms with Crippen LogP contribution in [0.3, 0.4) is 0 Å². The van der Waals surface area contributed by atoms with Gasteiger partial charge < -0.3 is 5.11 Å². The Balaban J connectivity index is 2.13. The van der Waals surface area contributed by atoms with Crippen molar-refractivity contribution in [3.8, 4) is 11.1 Å². The lowest BCUT2D eigenvalue weighted by Crippen LogP contribution is -1.95. The minimum Gasteiger partial charge on any atom is -0.478 e. The van der Waals surface area contributed by atoms with Gasteiger partial charge in [0.15, 0.2) is 0 Å². The summed E-state index contributed by atoms with van der Waals surface area (Å²) in [5, 5.41) is 11.2. The maximum Gasteiger partial charge on any atom is 0.335 e. The highest BCUT2D eigenvalue weighted by Gasteiger charge is 2.05. The summed E-state index contributed by atoms with van der Waals surface area (Å²) in [6, 6.07) is 14.9. The molecule has 0 aliphatic heterocycles. The van der Waals surface area contributed by atoms with Crippen LogP contribution in [0, 0.1) is 0 Å². The number of fused-ring (bicyclic) bond motifs is 1. The fourth-order valence-electron chi connectivity index (χ4n) is 2.10. The Morgan fingerprint density at radius 1 is 0.947 bits per heavy atom. The highest BCUT2D eigenvalue weighted by Crippen LogP contribution is 2.24. The summed E-state index contributed by atoms with van der Waals surface area (Å²) in [7, 11) is 0. The number of aromatic nitrogens is 1. The Morgan fingerprint density at radius 3 is 2.63 bits per heavy atom. The number of carboxylic acids is 1. The largest absolute Gasteiger partial charge is 0.478 e. The Bertz CT molecular complexity index is 765. The number of benzene rings is 2. The summed E-state index contributed by atoms with van der Waals surface area (Å²) in [5.41, 5.74) is 2.18. The van der Waals surface area contributed by atoms with E-state index in [2.05, 4.69) is 4.98 Å². The van der Waals surface area contributed by atoms with E-state index in [1.165, 1.54) is 0 Å². The molecule has 92 valence electrons. The van der Waals surface area contributed by atoms with Gasteiger partial charge in [0.2, 0.25) is 0 Å². The third kappa shape index (κ3) is 2.18. The zero-order valence-corrected chi connectivity index (χ0v) is 10.1. The van der Waals surface area contributed by atoms with E-state index in [1.54, 1.807) is 30.6 Å². The Labute approximate surface area is 110 Å². The highest BCUT2D eigenvalue weighted by atomic mass is 16.4. The van der Waals surface area contributed by atoms with Crippen molar-refractivity contribution in [3.63, 3.8) is 0 Å². The highest BCUT2D eigenvalue weighted by molar-refractivity contribution is 5.91. The second-order valence-corrected chi connectivity index (χ2v) is 4.32. The minimum absolute atomic E-state index is 0.295. The summed E-state index contributed by atoms with van der Waals surface area (Å²) in [4.78, 5) is 15.1. The first-order valence-electron chi connectivity index (χ1n) is 5.91. The molecule has 2 aromatic carbocycles. The van der Waals surface area contributed by atoms with Gasteiger partial charge in [0.05, 0.1) is 5.56 Å². The van der Waals surface area contributed by atoms with Crippen molar-refractivity contribution in [1.82, 2.24) is 4.98 Å². The molecule has 3 aromatic rings. The number of carboxylic acid groups (broad SMARTS) is 1. The Kier molecular flexibility index (Phi) is 2.72. The quantitative estimate of drug-likeness (QED) is 0.754. The van der Waals surface area contributed by atoms with Crippen LogP contribution in [-0.2, 0) is 0 Å². The normalized spacial score (nSPS) is 10.5. The zero-order chi connectivity index (χ0) is 13.2. The van der Waals surface area contributed by atoms with Crippen LogP contribution in [0.15, 0.2) is 60.9 Å². The molecule has 0 aliphatic rings. The van der Waals surface area contributed by atoms with Crippen LogP contribution in [0.1, 0.15) is 10.4 Å². The fourth-order valence-corrected chi connectivity index (χ4v) is 2.10. The predicted molar refractivity (Wildman–Crippen MR) is 74.1 cm³/mol. The molecule has 1 heterocycles. The van der Waals surface area contributed by atoms with Crippen LogP contribution in [0.2, 0.25) is 0 Å². The molecule has 3 nitrogen and oxygen atoms in total. The van der Waals surface area contributed by atoms with Crippen molar-refractivity contribution < 1.29 is 9.90 Å². The average molecular weight is 249 g/mol. The van der Waals surface area contributed by atoms with Gasteiger partial charge in [0, 0.05) is 17.8 Å². The lowest BCUT2D eigenvalue weighted by molar-refractivity contribution is 0.0697. The van der Waals surface area contributed by atoms with E-state index < -0.39 is 5.97 Å². The number of pyridine rings is 1. The molecule has 0 aliphatic carbocycles. The van der Waals surface area contributed by atoms with Gasteiger partial charge in [-0.1, -0.05) is 24.3 Å². The van der Waals surface area contributed by atoms with Crippen molar-refractivity contribution in [2.75, 3.05) is 0 Å². The number of rotatable bonds is 2. The van der Waals surface area contributed by atoms with Crippen molar-refractivity contribution >= 4 is 16.7 Å². The van der Waals surface area contributed by atoms with E-state index in [9.17, 15) is 4.79 Å². The minimum atomic E-state index is -0.913. The molecule has 0 unspecified atom stereocenters. The van der Waals surface area contributed by atoms with Crippen LogP contribution in [0.5, 0.6) is 0 Å². The molecule has 0 radical (unpaired) electrons. The molecule has 0 spiro atoms. The molecule has 0 atom stereocenters. The third-order valence-corrected chi connectivity index (χ3v) is 3.08. The number of hydrogen-bond acceptors (Lipinski definition) is 2. The first kappa shape index (κ1) is 11.4. The van der Waals surface area contributed by atoms with Crippen LogP contribution in [-0.4, -0.2) is 16.1 Å². The molecular weight excluding hydrogens is 238 g/mol. The molecule has 1 aromatic heterocycles. The molecule has 0 saturated carbocycles. The summed E-state index contributed by atoms with van der Waals surface area (Å²) < 4.78 is 0. The summed E-state index contributed by atoms with van der Waals surface area (Å²) in [5.74, 6) is -0.913. The van der Waals surface area contributed by atoms with E-state index in [0.29, 0.717) is 5.56 Å². The smallest absolute Gasteiger partial charge is 0.335 e. The topological polar surface area (TPSA) is 50.2 Å². The number of nitrogens with zero attached hydrogens (tertiary/aromatic N) is 1. The van der Waals surface area contributed by atoms with Crippen molar-refractivity contribution in [2.45, 2.75) is 0 Å². The van der Waals surface area contributed by atoms with E-state index >= 15 is 0 Å². The molecule has 0 bridgehead atoms. The molecule has 0 saturated heterocycles. The second-order valence-electron chi connectivity index (χ2n) is 4.32. The van der Waals surface area contributed by atoms with Crippen LogP contribution in [0.25, 0.3) is 21.9 Å². The van der Waals surface area contributed by atoms with E-state index in [4.69, 9.17) is 5.11 Å². The van der Waals surface area contributed by atoms with Gasteiger partial charge in [0.1, 0.15) is 0 Å². The molecule has 19 heavy (non-hydrogen) atoms. The number of hydrogen-bond donors (Lipinski definition) is 1. The lowest BCUT2D eigenvalue weighted by Gasteiger charge is -2.05. The molecule has 0 amide bonds. The second kappa shape index (κ2) is 4.53. The van der Waals surface area contributed by atoms with Crippen LogP contribution >= 0.6 is 0 Å². The molecular formula is C16H11NO2. The van der Waals surface area contributed by atoms with Crippen molar-refractivity contribution in [2.24, 2.45) is 0 Å². The van der Waals surface area contributed by atoms with Crippen LogP contribution < -0.4 is 0 Å². The standard InChI is InChI=1S/C16H11NO2/c18-16(19)14-3-1-2-12(8-14)13-5-4-11-6-7-17-10-15(11)9-13/h1-10H,(H,18,19). The fraction of sp³-hybridized carbons (Fsp3) is 0. The van der Waals surface area contributed by atoms with E-state index in [-0.39, 0.29) is 0 Å². The van der Waals surface area contributed by atoms with Gasteiger partial charge in [-0.05, 0) is 40.8 Å². The van der Waals surface area contributed by atoms with Gasteiger partial charge in [-0.3, -0.25) is 4.98 Å². The molecule has 1 N–H and O–H groups in total. The van der Waals surface area contributed by atoms with E-state index in [0.717, 1.165) is 21.9 Å². The van der Waals surface area contributed by atoms with Gasteiger partial charge in [-0.15, -0.1) is 0 Å². The average Bonchev–Trinajstić information content (AvgIpc) is 2.47.